The summed E-state index contributed by atoms with van der Waals surface area (Å²) in [5.41, 5.74) is 0. The largest absolute Gasteiger partial charge is 0.393 e. The summed E-state index contributed by atoms with van der Waals surface area (Å²) in [6, 6.07) is 0. The van der Waals surface area contributed by atoms with Crippen molar-refractivity contribution in [1.29, 1.82) is 0 Å². The highest BCUT2D eigenvalue weighted by Gasteiger charge is 2.23. The van der Waals surface area contributed by atoms with E-state index < -0.39 is 0 Å². The van der Waals surface area contributed by atoms with Crippen LogP contribution in [0.25, 0.3) is 0 Å². The molecule has 68 valence electrons. The van der Waals surface area contributed by atoms with Crippen LogP contribution in [0.2, 0.25) is 0 Å². The van der Waals surface area contributed by atoms with Gasteiger partial charge in [0.05, 0.1) is 6.10 Å². The quantitative estimate of drug-likeness (QED) is 0.657. The van der Waals surface area contributed by atoms with Gasteiger partial charge in [-0.05, 0) is 18.8 Å². The average molecular weight is 179 g/mol. The van der Waals surface area contributed by atoms with Crippen molar-refractivity contribution in [3.8, 4) is 0 Å². The van der Waals surface area contributed by atoms with Crippen molar-refractivity contribution in [2.45, 2.75) is 45.6 Å². The maximum absolute atomic E-state index is 9.67. The molecule has 0 spiro atoms. The second kappa shape index (κ2) is 5.00. The summed E-state index contributed by atoms with van der Waals surface area (Å²) in [6.07, 6.45) is 0.752. The summed E-state index contributed by atoms with van der Waals surface area (Å²) >= 11 is 5.86. The number of rotatable bonds is 4. The molecule has 2 heteroatoms. The standard InChI is InChI=1S/C9H19ClO/c1-5-6(2)9(11)7(3)8(4)10/h6-9,11H,5H2,1-4H3. The van der Waals surface area contributed by atoms with Crippen LogP contribution in [0.3, 0.4) is 0 Å². The van der Waals surface area contributed by atoms with E-state index >= 15 is 0 Å². The summed E-state index contributed by atoms with van der Waals surface area (Å²) in [4.78, 5) is 0. The van der Waals surface area contributed by atoms with Crippen LogP contribution in [0.5, 0.6) is 0 Å². The van der Waals surface area contributed by atoms with Gasteiger partial charge in [0.25, 0.3) is 0 Å². The van der Waals surface area contributed by atoms with Gasteiger partial charge in [-0.25, -0.2) is 0 Å². The summed E-state index contributed by atoms with van der Waals surface area (Å²) < 4.78 is 0. The molecule has 0 saturated carbocycles. The number of halogens is 1. The van der Waals surface area contributed by atoms with Gasteiger partial charge in [0.15, 0.2) is 0 Å². The van der Waals surface area contributed by atoms with Crippen LogP contribution in [-0.2, 0) is 0 Å². The molecule has 1 nitrogen and oxygen atoms in total. The van der Waals surface area contributed by atoms with E-state index in [2.05, 4.69) is 13.8 Å². The predicted molar refractivity (Wildman–Crippen MR) is 49.9 cm³/mol. The zero-order chi connectivity index (χ0) is 9.02. The summed E-state index contributed by atoms with van der Waals surface area (Å²) in [5, 5.41) is 9.73. The van der Waals surface area contributed by atoms with Gasteiger partial charge in [-0.3, -0.25) is 0 Å². The molecule has 1 N–H and O–H groups in total. The number of hydrogen-bond acceptors (Lipinski definition) is 1. The normalized spacial score (nSPS) is 22.4. The SMILES string of the molecule is CCC(C)C(O)C(C)C(C)Cl. The predicted octanol–water partition coefficient (Wildman–Crippen LogP) is 2.66. The lowest BCUT2D eigenvalue weighted by molar-refractivity contribution is 0.0631. The van der Waals surface area contributed by atoms with Crippen molar-refractivity contribution >= 4 is 11.6 Å². The Morgan fingerprint density at radius 2 is 1.73 bits per heavy atom. The van der Waals surface area contributed by atoms with Gasteiger partial charge in [0.1, 0.15) is 0 Å². The highest BCUT2D eigenvalue weighted by molar-refractivity contribution is 6.20. The molecule has 0 fully saturated rings. The molecule has 0 radical (unpaired) electrons. The van der Waals surface area contributed by atoms with Gasteiger partial charge in [0, 0.05) is 5.38 Å². The Labute approximate surface area is 74.8 Å². The van der Waals surface area contributed by atoms with Crippen LogP contribution in [0.1, 0.15) is 34.1 Å². The molecule has 0 amide bonds. The van der Waals surface area contributed by atoms with E-state index in [1.54, 1.807) is 0 Å². The maximum atomic E-state index is 9.67. The minimum Gasteiger partial charge on any atom is -0.393 e. The Bertz CT molecular complexity index is 104. The first-order chi connectivity index (χ1) is 5.00. The fourth-order valence-corrected chi connectivity index (χ4v) is 1.18. The lowest BCUT2D eigenvalue weighted by atomic mass is 9.90. The zero-order valence-corrected chi connectivity index (χ0v) is 8.60. The summed E-state index contributed by atoms with van der Waals surface area (Å²) in [7, 11) is 0. The van der Waals surface area contributed by atoms with Crippen LogP contribution in [0.15, 0.2) is 0 Å². The first-order valence-electron chi connectivity index (χ1n) is 4.32. The van der Waals surface area contributed by atoms with E-state index in [1.807, 2.05) is 13.8 Å². The van der Waals surface area contributed by atoms with Crippen molar-refractivity contribution < 1.29 is 5.11 Å². The molecule has 0 rings (SSSR count). The second-order valence-corrected chi connectivity index (χ2v) is 4.10. The first kappa shape index (κ1) is 11.2. The molecule has 11 heavy (non-hydrogen) atoms. The van der Waals surface area contributed by atoms with E-state index in [0.717, 1.165) is 6.42 Å². The molecule has 4 atom stereocenters. The van der Waals surface area contributed by atoms with Crippen LogP contribution in [0, 0.1) is 11.8 Å². The number of alkyl halides is 1. The molecule has 0 aliphatic heterocycles. The van der Waals surface area contributed by atoms with Gasteiger partial charge in [0.2, 0.25) is 0 Å². The minimum absolute atomic E-state index is 0.0546. The smallest absolute Gasteiger partial charge is 0.0605 e. The molecule has 0 aromatic rings. The van der Waals surface area contributed by atoms with Crippen molar-refractivity contribution in [2.75, 3.05) is 0 Å². The zero-order valence-electron chi connectivity index (χ0n) is 7.84. The Hall–Kier alpha value is 0.250. The van der Waals surface area contributed by atoms with Gasteiger partial charge in [-0.15, -0.1) is 11.6 Å². The molecule has 0 heterocycles. The Kier molecular flexibility index (Phi) is 5.11. The molecular weight excluding hydrogens is 160 g/mol. The van der Waals surface area contributed by atoms with E-state index in [-0.39, 0.29) is 17.4 Å². The number of hydrogen-bond donors (Lipinski definition) is 1. The van der Waals surface area contributed by atoms with E-state index in [4.69, 9.17) is 11.6 Å². The molecule has 4 unspecified atom stereocenters. The van der Waals surface area contributed by atoms with Gasteiger partial charge in [-0.2, -0.15) is 0 Å². The summed E-state index contributed by atoms with van der Waals surface area (Å²) in [6.45, 7) is 8.06. The van der Waals surface area contributed by atoms with Gasteiger partial charge < -0.3 is 5.11 Å². The van der Waals surface area contributed by atoms with Crippen LogP contribution < -0.4 is 0 Å². The third-order valence-corrected chi connectivity index (χ3v) is 2.89. The molecule has 0 aliphatic carbocycles. The Morgan fingerprint density at radius 1 is 1.27 bits per heavy atom. The first-order valence-corrected chi connectivity index (χ1v) is 4.76. The van der Waals surface area contributed by atoms with Crippen LogP contribution in [0.4, 0.5) is 0 Å². The van der Waals surface area contributed by atoms with E-state index in [0.29, 0.717) is 5.92 Å². The Morgan fingerprint density at radius 3 is 2.00 bits per heavy atom. The monoisotopic (exact) mass is 178 g/mol. The van der Waals surface area contributed by atoms with Crippen LogP contribution in [-0.4, -0.2) is 16.6 Å². The molecule has 0 aromatic carbocycles. The summed E-state index contributed by atoms with van der Waals surface area (Å²) in [5.74, 6) is 0.540. The topological polar surface area (TPSA) is 20.2 Å². The van der Waals surface area contributed by atoms with Crippen molar-refractivity contribution in [3.05, 3.63) is 0 Å². The van der Waals surface area contributed by atoms with Crippen LogP contribution >= 0.6 is 11.6 Å². The third-order valence-electron chi connectivity index (χ3n) is 2.49. The van der Waals surface area contributed by atoms with Crippen molar-refractivity contribution in [3.63, 3.8) is 0 Å². The molecular formula is C9H19ClO. The number of aliphatic hydroxyl groups excluding tert-OH is 1. The average Bonchev–Trinajstić information content (AvgIpc) is 2.00. The van der Waals surface area contributed by atoms with Gasteiger partial charge >= 0.3 is 0 Å². The fourth-order valence-electron chi connectivity index (χ4n) is 1.03. The number of aliphatic hydroxyl groups is 1. The second-order valence-electron chi connectivity index (χ2n) is 3.41. The fraction of sp³-hybridized carbons (Fsp3) is 1.00. The minimum atomic E-state index is -0.257. The van der Waals surface area contributed by atoms with E-state index in [9.17, 15) is 5.11 Å². The third kappa shape index (κ3) is 3.44. The van der Waals surface area contributed by atoms with E-state index in [1.165, 1.54) is 0 Å². The lowest BCUT2D eigenvalue weighted by Crippen LogP contribution is -2.29. The van der Waals surface area contributed by atoms with Crippen molar-refractivity contribution in [2.24, 2.45) is 11.8 Å². The Balaban J connectivity index is 3.90. The molecule has 0 aliphatic rings. The molecule has 0 bridgehead atoms. The maximum Gasteiger partial charge on any atom is 0.0605 e. The van der Waals surface area contributed by atoms with Crippen molar-refractivity contribution in [1.82, 2.24) is 0 Å². The molecule has 0 saturated heterocycles. The highest BCUT2D eigenvalue weighted by atomic mass is 35.5. The molecule has 0 aromatic heterocycles. The lowest BCUT2D eigenvalue weighted by Gasteiger charge is -2.25. The highest BCUT2D eigenvalue weighted by Crippen LogP contribution is 2.21. The van der Waals surface area contributed by atoms with Gasteiger partial charge in [-0.1, -0.05) is 27.2 Å².